The Hall–Kier alpha value is -1.36. The number of carbonyl (C=O) groups excluding carboxylic acids is 1. The molecule has 1 heterocycles. The Morgan fingerprint density at radius 3 is 2.50 bits per heavy atom. The molecule has 3 N–H and O–H groups in total. The van der Waals surface area contributed by atoms with Gasteiger partial charge < -0.3 is 15.6 Å². The van der Waals surface area contributed by atoms with Crippen LogP contribution in [0.4, 0.5) is 0 Å². The molecule has 18 heavy (non-hydrogen) atoms. The first-order valence-corrected chi connectivity index (χ1v) is 6.17. The Bertz CT molecular complexity index is 415. The first kappa shape index (κ1) is 14.7. The van der Waals surface area contributed by atoms with Crippen LogP contribution in [0.15, 0.2) is 12.5 Å². The van der Waals surface area contributed by atoms with Gasteiger partial charge in [0, 0.05) is 30.2 Å². The van der Waals surface area contributed by atoms with Crippen molar-refractivity contribution in [2.45, 2.75) is 58.7 Å². The predicted octanol–water partition coefficient (Wildman–Crippen LogP) is 1.38. The van der Waals surface area contributed by atoms with E-state index in [1.807, 2.05) is 24.6 Å². The Morgan fingerprint density at radius 1 is 1.39 bits per heavy atom. The van der Waals surface area contributed by atoms with E-state index in [-0.39, 0.29) is 17.0 Å². The Kier molecular flexibility index (Phi) is 4.16. The normalized spacial score (nSPS) is 12.7. The highest BCUT2D eigenvalue weighted by Gasteiger charge is 2.25. The van der Waals surface area contributed by atoms with Gasteiger partial charge in [0.2, 0.25) is 5.91 Å². The Morgan fingerprint density at radius 2 is 2.00 bits per heavy atom. The van der Waals surface area contributed by atoms with Gasteiger partial charge in [0.05, 0.1) is 12.0 Å². The van der Waals surface area contributed by atoms with Gasteiger partial charge in [-0.1, -0.05) is 0 Å². The Balaban J connectivity index is 2.85. The molecule has 0 saturated carbocycles. The average Bonchev–Trinajstić information content (AvgIpc) is 2.59. The van der Waals surface area contributed by atoms with Crippen LogP contribution in [0.25, 0.3) is 0 Å². The van der Waals surface area contributed by atoms with Crippen molar-refractivity contribution in [2.24, 2.45) is 5.73 Å². The minimum atomic E-state index is -0.350. The molecule has 0 aliphatic carbocycles. The fraction of sp³-hybridized carbons (Fsp3) is 0.692. The lowest BCUT2D eigenvalue weighted by atomic mass is 9.99. The van der Waals surface area contributed by atoms with Gasteiger partial charge in [0.1, 0.15) is 0 Å². The highest BCUT2D eigenvalue weighted by molar-refractivity contribution is 5.74. The van der Waals surface area contributed by atoms with E-state index in [9.17, 15) is 4.79 Å². The second kappa shape index (κ2) is 5.10. The molecule has 5 nitrogen and oxygen atoms in total. The fourth-order valence-corrected chi connectivity index (χ4v) is 1.87. The number of hydrogen-bond donors (Lipinski definition) is 2. The molecule has 1 aromatic heterocycles. The minimum absolute atomic E-state index is 0.0446. The highest BCUT2D eigenvalue weighted by atomic mass is 16.1. The van der Waals surface area contributed by atoms with Crippen molar-refractivity contribution in [3.05, 3.63) is 18.2 Å². The molecule has 0 aliphatic heterocycles. The van der Waals surface area contributed by atoms with Crippen LogP contribution in [0.1, 0.15) is 46.7 Å². The monoisotopic (exact) mass is 252 g/mol. The van der Waals surface area contributed by atoms with E-state index in [4.69, 9.17) is 5.73 Å². The van der Waals surface area contributed by atoms with Gasteiger partial charge in [-0.05, 0) is 34.6 Å². The lowest BCUT2D eigenvalue weighted by Gasteiger charge is -2.28. The second-order valence-corrected chi connectivity index (χ2v) is 6.31. The van der Waals surface area contributed by atoms with Crippen molar-refractivity contribution in [2.75, 3.05) is 0 Å². The predicted molar refractivity (Wildman–Crippen MR) is 72.0 cm³/mol. The van der Waals surface area contributed by atoms with Crippen molar-refractivity contribution in [3.63, 3.8) is 0 Å². The number of nitrogens with zero attached hydrogens (tertiary/aromatic N) is 2. The van der Waals surface area contributed by atoms with Crippen molar-refractivity contribution < 1.29 is 4.79 Å². The summed E-state index contributed by atoms with van der Waals surface area (Å²) < 4.78 is 2.01. The minimum Gasteiger partial charge on any atom is -0.370 e. The third kappa shape index (κ3) is 4.14. The van der Waals surface area contributed by atoms with Crippen LogP contribution < -0.4 is 11.1 Å². The van der Waals surface area contributed by atoms with E-state index in [0.29, 0.717) is 13.0 Å². The SMILES string of the molecule is CC(C)(C)NCc1cncn1C(C)(C)CC(N)=O. The molecule has 102 valence electrons. The van der Waals surface area contributed by atoms with Crippen molar-refractivity contribution in [1.82, 2.24) is 14.9 Å². The number of nitrogens with one attached hydrogen (secondary N) is 1. The molecule has 1 aromatic rings. The zero-order chi connectivity index (χ0) is 14.0. The number of primary amides is 1. The molecule has 1 rings (SSSR count). The lowest BCUT2D eigenvalue weighted by molar-refractivity contribution is -0.119. The summed E-state index contributed by atoms with van der Waals surface area (Å²) in [6, 6.07) is 0. The summed E-state index contributed by atoms with van der Waals surface area (Å²) in [5.74, 6) is -0.302. The van der Waals surface area contributed by atoms with E-state index in [0.717, 1.165) is 5.69 Å². The zero-order valence-corrected chi connectivity index (χ0v) is 11.9. The van der Waals surface area contributed by atoms with Crippen LogP contribution in [0.5, 0.6) is 0 Å². The number of amides is 1. The van der Waals surface area contributed by atoms with E-state index < -0.39 is 0 Å². The maximum absolute atomic E-state index is 11.1. The largest absolute Gasteiger partial charge is 0.370 e. The number of aromatic nitrogens is 2. The molecule has 0 unspecified atom stereocenters. The molecule has 0 saturated heterocycles. The quantitative estimate of drug-likeness (QED) is 0.831. The third-order valence-corrected chi connectivity index (χ3v) is 2.77. The number of nitrogens with two attached hydrogens (primary N) is 1. The van der Waals surface area contributed by atoms with Gasteiger partial charge in [-0.2, -0.15) is 0 Å². The topological polar surface area (TPSA) is 72.9 Å². The summed E-state index contributed by atoms with van der Waals surface area (Å²) in [6.07, 6.45) is 3.87. The second-order valence-electron chi connectivity index (χ2n) is 6.31. The first-order valence-electron chi connectivity index (χ1n) is 6.17. The van der Waals surface area contributed by atoms with Crippen molar-refractivity contribution >= 4 is 5.91 Å². The molecular weight excluding hydrogens is 228 g/mol. The summed E-state index contributed by atoms with van der Waals surface area (Å²) in [7, 11) is 0. The standard InChI is InChI=1S/C13H24N4O/c1-12(2,3)16-8-10-7-15-9-17(10)13(4,5)6-11(14)18/h7,9,16H,6,8H2,1-5H3,(H2,14,18). The number of carbonyl (C=O) groups is 1. The average molecular weight is 252 g/mol. The van der Waals surface area contributed by atoms with Crippen LogP contribution >= 0.6 is 0 Å². The zero-order valence-electron chi connectivity index (χ0n) is 11.9. The molecule has 0 aromatic carbocycles. The summed E-state index contributed by atoms with van der Waals surface area (Å²) >= 11 is 0. The van der Waals surface area contributed by atoms with Crippen LogP contribution in [0.2, 0.25) is 0 Å². The van der Waals surface area contributed by atoms with Crippen LogP contribution in [0.3, 0.4) is 0 Å². The lowest BCUT2D eigenvalue weighted by Crippen LogP contribution is -2.38. The van der Waals surface area contributed by atoms with Crippen LogP contribution in [0, 0.1) is 0 Å². The van der Waals surface area contributed by atoms with Gasteiger partial charge in [0.25, 0.3) is 0 Å². The number of hydrogen-bond acceptors (Lipinski definition) is 3. The molecule has 0 aliphatic rings. The van der Waals surface area contributed by atoms with Crippen molar-refractivity contribution in [1.29, 1.82) is 0 Å². The molecular formula is C13H24N4O. The maximum atomic E-state index is 11.1. The smallest absolute Gasteiger partial charge is 0.219 e. The van der Waals surface area contributed by atoms with Gasteiger partial charge in [-0.15, -0.1) is 0 Å². The van der Waals surface area contributed by atoms with Crippen LogP contribution in [-0.4, -0.2) is 21.0 Å². The van der Waals surface area contributed by atoms with E-state index in [2.05, 4.69) is 31.1 Å². The molecule has 0 fully saturated rings. The van der Waals surface area contributed by atoms with E-state index in [1.165, 1.54) is 0 Å². The van der Waals surface area contributed by atoms with Gasteiger partial charge in [-0.3, -0.25) is 4.79 Å². The van der Waals surface area contributed by atoms with Gasteiger partial charge in [-0.25, -0.2) is 4.98 Å². The van der Waals surface area contributed by atoms with E-state index >= 15 is 0 Å². The number of rotatable bonds is 5. The highest BCUT2D eigenvalue weighted by Crippen LogP contribution is 2.21. The first-order chi connectivity index (χ1) is 8.12. The molecule has 0 radical (unpaired) electrons. The molecule has 5 heteroatoms. The van der Waals surface area contributed by atoms with E-state index in [1.54, 1.807) is 6.33 Å². The summed E-state index contributed by atoms with van der Waals surface area (Å²) in [5.41, 5.74) is 6.04. The summed E-state index contributed by atoms with van der Waals surface area (Å²) in [4.78, 5) is 15.3. The molecule has 1 amide bonds. The Labute approximate surface area is 109 Å². The number of imidazole rings is 1. The van der Waals surface area contributed by atoms with Gasteiger partial charge in [0.15, 0.2) is 0 Å². The van der Waals surface area contributed by atoms with Crippen LogP contribution in [-0.2, 0) is 16.9 Å². The third-order valence-electron chi connectivity index (χ3n) is 2.77. The van der Waals surface area contributed by atoms with Gasteiger partial charge >= 0.3 is 0 Å². The summed E-state index contributed by atoms with van der Waals surface area (Å²) in [6.45, 7) is 11.0. The van der Waals surface area contributed by atoms with Crippen molar-refractivity contribution in [3.8, 4) is 0 Å². The fourth-order valence-electron chi connectivity index (χ4n) is 1.87. The molecule has 0 bridgehead atoms. The molecule has 0 spiro atoms. The summed E-state index contributed by atoms with van der Waals surface area (Å²) in [5, 5.41) is 3.41. The maximum Gasteiger partial charge on any atom is 0.219 e. The molecule has 0 atom stereocenters.